The number of pyridine rings is 1. The Morgan fingerprint density at radius 3 is 2.74 bits per heavy atom. The number of benzene rings is 2. The van der Waals surface area contributed by atoms with Crippen LogP contribution in [0.4, 0.5) is 0 Å². The molecular weight excluding hydrogens is 460 g/mol. The Kier molecular flexibility index (Phi) is 8.91. The standard InChI is InChI=1S/C27H28N4O3S/c32-27(31-33)12-3-1-2-8-18-34-25-10-4-5-11-26(25)35-21-14-15-22-23(29-30-24(22)19-21)16-13-20-9-6-7-17-28-20/h4-7,9-11,13-17,19,33H,1-3,8,12,18H2,(H,29,30)(H,31,32). The molecule has 0 saturated heterocycles. The van der Waals surface area contributed by atoms with Gasteiger partial charge in [0.1, 0.15) is 5.75 Å². The molecule has 2 aromatic carbocycles. The van der Waals surface area contributed by atoms with Gasteiger partial charge in [-0.05, 0) is 67.5 Å². The number of aromatic nitrogens is 3. The summed E-state index contributed by atoms with van der Waals surface area (Å²) in [6, 6.07) is 20.1. The topological polar surface area (TPSA) is 100 Å². The van der Waals surface area contributed by atoms with Gasteiger partial charge in [0.25, 0.3) is 0 Å². The molecule has 2 heterocycles. The quantitative estimate of drug-likeness (QED) is 0.126. The third-order valence-corrected chi connectivity index (χ3v) is 6.47. The van der Waals surface area contributed by atoms with Crippen LogP contribution in [0.3, 0.4) is 0 Å². The summed E-state index contributed by atoms with van der Waals surface area (Å²) in [6.07, 6.45) is 9.62. The van der Waals surface area contributed by atoms with Crippen LogP contribution >= 0.6 is 11.8 Å². The van der Waals surface area contributed by atoms with E-state index in [1.165, 1.54) is 0 Å². The molecule has 4 aromatic rings. The van der Waals surface area contributed by atoms with Crippen LogP contribution in [0.15, 0.2) is 76.7 Å². The van der Waals surface area contributed by atoms with Crippen LogP contribution in [0.5, 0.6) is 5.75 Å². The molecule has 0 aliphatic carbocycles. The zero-order valence-electron chi connectivity index (χ0n) is 19.3. The van der Waals surface area contributed by atoms with E-state index >= 15 is 0 Å². The number of H-pyrrole nitrogens is 1. The fourth-order valence-electron chi connectivity index (χ4n) is 3.61. The van der Waals surface area contributed by atoms with E-state index in [9.17, 15) is 4.79 Å². The van der Waals surface area contributed by atoms with E-state index in [4.69, 9.17) is 9.94 Å². The minimum absolute atomic E-state index is 0.335. The predicted octanol–water partition coefficient (Wildman–Crippen LogP) is 6.11. The van der Waals surface area contributed by atoms with Gasteiger partial charge >= 0.3 is 0 Å². The normalized spacial score (nSPS) is 11.2. The number of nitrogens with one attached hydrogen (secondary N) is 2. The number of ether oxygens (including phenoxy) is 1. The first-order chi connectivity index (χ1) is 17.2. The number of carbonyl (C=O) groups excluding carboxylic acids is 1. The molecule has 0 spiro atoms. The van der Waals surface area contributed by atoms with Gasteiger partial charge in [-0.15, -0.1) is 0 Å². The second kappa shape index (κ2) is 12.7. The number of carbonyl (C=O) groups is 1. The molecule has 4 rings (SSSR count). The number of para-hydroxylation sites is 1. The van der Waals surface area contributed by atoms with Crippen molar-refractivity contribution in [1.82, 2.24) is 20.7 Å². The Labute approximate surface area is 208 Å². The molecule has 1 amide bonds. The number of amides is 1. The summed E-state index contributed by atoms with van der Waals surface area (Å²) in [4.78, 5) is 17.5. The number of rotatable bonds is 12. The van der Waals surface area contributed by atoms with Crippen molar-refractivity contribution in [3.63, 3.8) is 0 Å². The van der Waals surface area contributed by atoms with Crippen molar-refractivity contribution in [2.45, 2.75) is 41.9 Å². The summed E-state index contributed by atoms with van der Waals surface area (Å²) in [7, 11) is 0. The van der Waals surface area contributed by atoms with Crippen molar-refractivity contribution < 1.29 is 14.7 Å². The summed E-state index contributed by atoms with van der Waals surface area (Å²) in [6.45, 7) is 0.620. The largest absolute Gasteiger partial charge is 0.492 e. The third kappa shape index (κ3) is 7.18. The molecule has 7 nitrogen and oxygen atoms in total. The summed E-state index contributed by atoms with van der Waals surface area (Å²) >= 11 is 1.66. The van der Waals surface area contributed by atoms with Crippen LogP contribution in [-0.2, 0) is 4.79 Å². The molecule has 8 heteroatoms. The van der Waals surface area contributed by atoms with Gasteiger partial charge in [-0.25, -0.2) is 5.48 Å². The van der Waals surface area contributed by atoms with Crippen LogP contribution in [-0.4, -0.2) is 32.9 Å². The van der Waals surface area contributed by atoms with E-state index in [0.29, 0.717) is 13.0 Å². The molecule has 0 radical (unpaired) electrons. The first-order valence-electron chi connectivity index (χ1n) is 11.6. The van der Waals surface area contributed by atoms with Gasteiger partial charge in [0.15, 0.2) is 0 Å². The average Bonchev–Trinajstić information content (AvgIpc) is 3.30. The van der Waals surface area contributed by atoms with Gasteiger partial charge < -0.3 is 4.74 Å². The van der Waals surface area contributed by atoms with Gasteiger partial charge in [0, 0.05) is 22.9 Å². The van der Waals surface area contributed by atoms with Crippen LogP contribution in [0.2, 0.25) is 0 Å². The molecule has 3 N–H and O–H groups in total. The first kappa shape index (κ1) is 24.5. The van der Waals surface area contributed by atoms with E-state index in [2.05, 4.69) is 39.4 Å². The smallest absolute Gasteiger partial charge is 0.243 e. The summed E-state index contributed by atoms with van der Waals surface area (Å²) in [5, 5.41) is 17.2. The van der Waals surface area contributed by atoms with Crippen molar-refractivity contribution in [2.24, 2.45) is 0 Å². The van der Waals surface area contributed by atoms with Crippen LogP contribution < -0.4 is 10.2 Å². The lowest BCUT2D eigenvalue weighted by atomic mass is 10.1. The second-order valence-corrected chi connectivity index (χ2v) is 9.12. The SMILES string of the molecule is O=C(CCCCCCOc1ccccc1Sc1ccc2c(C=Cc3ccccn3)n[nH]c2c1)NO. The lowest BCUT2D eigenvalue weighted by Crippen LogP contribution is -2.17. The molecular formula is C27H28N4O3S. The number of aromatic amines is 1. The Hall–Kier alpha value is -3.62. The van der Waals surface area contributed by atoms with Crippen molar-refractivity contribution in [3.05, 3.63) is 78.2 Å². The van der Waals surface area contributed by atoms with Crippen LogP contribution in [0, 0.1) is 0 Å². The molecule has 0 aliphatic heterocycles. The maximum Gasteiger partial charge on any atom is 0.243 e. The first-order valence-corrected chi connectivity index (χ1v) is 12.4. The summed E-state index contributed by atoms with van der Waals surface area (Å²) in [5.41, 5.74) is 4.40. The van der Waals surface area contributed by atoms with E-state index in [-0.39, 0.29) is 5.91 Å². The minimum atomic E-state index is -0.335. The van der Waals surface area contributed by atoms with Gasteiger partial charge in [-0.3, -0.25) is 20.1 Å². The van der Waals surface area contributed by atoms with E-state index < -0.39 is 0 Å². The molecule has 0 fully saturated rings. The van der Waals surface area contributed by atoms with Gasteiger partial charge in [-0.2, -0.15) is 5.10 Å². The Balaban J connectivity index is 1.33. The zero-order valence-corrected chi connectivity index (χ0v) is 20.1. The monoisotopic (exact) mass is 488 g/mol. The molecule has 0 atom stereocenters. The number of hydrogen-bond acceptors (Lipinski definition) is 6. The Morgan fingerprint density at radius 2 is 1.89 bits per heavy atom. The van der Waals surface area contributed by atoms with Crippen LogP contribution in [0.1, 0.15) is 43.5 Å². The molecule has 0 saturated carbocycles. The maximum atomic E-state index is 11.0. The number of nitrogens with zero attached hydrogens (tertiary/aromatic N) is 2. The average molecular weight is 489 g/mol. The van der Waals surface area contributed by atoms with Gasteiger partial charge in [-0.1, -0.05) is 42.8 Å². The lowest BCUT2D eigenvalue weighted by Gasteiger charge is -2.11. The van der Waals surface area contributed by atoms with Gasteiger partial charge in [0.2, 0.25) is 5.91 Å². The molecule has 180 valence electrons. The summed E-state index contributed by atoms with van der Waals surface area (Å²) < 4.78 is 6.05. The lowest BCUT2D eigenvalue weighted by molar-refractivity contribution is -0.129. The molecule has 0 bridgehead atoms. The molecule has 2 aromatic heterocycles. The van der Waals surface area contributed by atoms with Crippen molar-refractivity contribution >= 4 is 40.7 Å². The molecule has 0 aliphatic rings. The van der Waals surface area contributed by atoms with Crippen molar-refractivity contribution in [3.8, 4) is 5.75 Å². The van der Waals surface area contributed by atoms with E-state index in [1.807, 2.05) is 48.6 Å². The molecule has 35 heavy (non-hydrogen) atoms. The third-order valence-electron chi connectivity index (χ3n) is 5.42. The van der Waals surface area contributed by atoms with E-state index in [0.717, 1.165) is 63.5 Å². The Morgan fingerprint density at radius 1 is 1.03 bits per heavy atom. The zero-order chi connectivity index (χ0) is 24.3. The number of unbranched alkanes of at least 4 members (excludes halogenated alkanes) is 3. The van der Waals surface area contributed by atoms with Crippen LogP contribution in [0.25, 0.3) is 23.1 Å². The van der Waals surface area contributed by atoms with E-state index in [1.54, 1.807) is 23.4 Å². The maximum absolute atomic E-state index is 11.0. The fraction of sp³-hybridized carbons (Fsp3) is 0.222. The predicted molar refractivity (Wildman–Crippen MR) is 138 cm³/mol. The van der Waals surface area contributed by atoms with Gasteiger partial charge in [0.05, 0.1) is 28.4 Å². The Bertz CT molecular complexity index is 1270. The number of fused-ring (bicyclic) bond motifs is 1. The fourth-order valence-corrected chi connectivity index (χ4v) is 4.55. The number of hydrogen-bond donors (Lipinski definition) is 3. The second-order valence-electron chi connectivity index (χ2n) is 8.00. The number of hydroxylamine groups is 1. The van der Waals surface area contributed by atoms with Crippen molar-refractivity contribution in [2.75, 3.05) is 6.61 Å². The highest BCUT2D eigenvalue weighted by molar-refractivity contribution is 7.99. The summed E-state index contributed by atoms with van der Waals surface area (Å²) in [5.74, 6) is 0.526. The molecule has 0 unspecified atom stereocenters. The highest BCUT2D eigenvalue weighted by atomic mass is 32.2. The minimum Gasteiger partial charge on any atom is -0.492 e. The van der Waals surface area contributed by atoms with Crippen molar-refractivity contribution in [1.29, 1.82) is 0 Å². The highest BCUT2D eigenvalue weighted by Crippen LogP contribution is 2.36. The highest BCUT2D eigenvalue weighted by Gasteiger charge is 2.09.